The lowest BCUT2D eigenvalue weighted by Crippen LogP contribution is -1.98. The fourth-order valence-corrected chi connectivity index (χ4v) is 5.40. The molecule has 4 aromatic rings. The molecular weight excluding hydrogens is 467 g/mol. The lowest BCUT2D eigenvalue weighted by atomic mass is 10.2. The van der Waals surface area contributed by atoms with Gasteiger partial charge in [-0.15, -0.1) is 21.5 Å². The first-order valence-electron chi connectivity index (χ1n) is 9.85. The Balaban J connectivity index is 1.33. The van der Waals surface area contributed by atoms with Gasteiger partial charge >= 0.3 is 0 Å². The Morgan fingerprint density at radius 1 is 1.09 bits per heavy atom. The average Bonchev–Trinajstić information content (AvgIpc) is 3.47. The lowest BCUT2D eigenvalue weighted by molar-refractivity contribution is 0.311. The van der Waals surface area contributed by atoms with Crippen LogP contribution < -0.4 is 14.8 Å². The molecule has 0 aliphatic heterocycles. The van der Waals surface area contributed by atoms with Gasteiger partial charge in [-0.2, -0.15) is 0 Å². The third-order valence-corrected chi connectivity index (χ3v) is 7.36. The highest BCUT2D eigenvalue weighted by Crippen LogP contribution is 2.35. The molecule has 2 heterocycles. The van der Waals surface area contributed by atoms with E-state index in [9.17, 15) is 4.39 Å². The molecule has 0 amide bonds. The molecule has 0 saturated carbocycles. The van der Waals surface area contributed by atoms with Crippen molar-refractivity contribution in [1.82, 2.24) is 15.2 Å². The number of thioether (sulfide) groups is 1. The second-order valence-electron chi connectivity index (χ2n) is 6.58. The molecule has 0 radical (unpaired) electrons. The number of hydrogen-bond donors (Lipinski definition) is 1. The minimum atomic E-state index is -0.241. The maximum atomic E-state index is 13.0. The summed E-state index contributed by atoms with van der Waals surface area (Å²) in [5, 5.41) is 15.3. The Labute approximate surface area is 197 Å². The Kier molecular flexibility index (Phi) is 7.56. The summed E-state index contributed by atoms with van der Waals surface area (Å²) in [5.74, 6) is 1.89. The number of nitrogens with one attached hydrogen (secondary N) is 1. The van der Waals surface area contributed by atoms with Crippen LogP contribution >= 0.6 is 34.4 Å². The molecule has 0 fully saturated rings. The second kappa shape index (κ2) is 10.8. The van der Waals surface area contributed by atoms with Crippen LogP contribution in [-0.4, -0.2) is 28.9 Å². The average molecular weight is 489 g/mol. The van der Waals surface area contributed by atoms with Gasteiger partial charge in [0.05, 0.1) is 19.4 Å². The molecular formula is C22H21FN4O2S3. The first-order valence-corrected chi connectivity index (χ1v) is 12.5. The molecule has 0 unspecified atom stereocenters. The van der Waals surface area contributed by atoms with Crippen LogP contribution in [0.5, 0.6) is 11.5 Å². The van der Waals surface area contributed by atoms with E-state index in [2.05, 4.69) is 20.9 Å². The quantitative estimate of drug-likeness (QED) is 0.270. The number of benzene rings is 2. The fraction of sp³-hybridized carbons (Fsp3) is 0.227. The molecule has 2 aromatic heterocycles. The Morgan fingerprint density at radius 3 is 2.72 bits per heavy atom. The van der Waals surface area contributed by atoms with Crippen molar-refractivity contribution in [3.63, 3.8) is 0 Å². The Morgan fingerprint density at radius 2 is 1.94 bits per heavy atom. The normalized spacial score (nSPS) is 10.8. The Hall–Kier alpha value is -2.69. The minimum absolute atomic E-state index is 0.241. The molecule has 4 rings (SSSR count). The molecule has 2 aromatic carbocycles. The lowest BCUT2D eigenvalue weighted by Gasteiger charge is -2.09. The van der Waals surface area contributed by atoms with Crippen molar-refractivity contribution >= 4 is 39.6 Å². The number of hydrogen-bond acceptors (Lipinski definition) is 9. The molecule has 6 nitrogen and oxygen atoms in total. The zero-order valence-electron chi connectivity index (χ0n) is 17.5. The van der Waals surface area contributed by atoms with E-state index in [1.807, 2.05) is 25.1 Å². The summed E-state index contributed by atoms with van der Waals surface area (Å²) in [6, 6.07) is 12.2. The molecule has 0 bridgehead atoms. The van der Waals surface area contributed by atoms with Crippen LogP contribution in [0.4, 0.5) is 9.52 Å². The van der Waals surface area contributed by atoms with Gasteiger partial charge < -0.3 is 14.8 Å². The van der Waals surface area contributed by atoms with Crippen LogP contribution in [0.15, 0.2) is 52.2 Å². The SMILES string of the molecule is CCOc1ccc(-c2nc(CSc3nnc(NCc4ccc(F)cc4)s3)cs2)cc1OC. The number of halogens is 1. The first-order chi connectivity index (χ1) is 15.6. The predicted molar refractivity (Wildman–Crippen MR) is 128 cm³/mol. The molecule has 0 atom stereocenters. The van der Waals surface area contributed by atoms with Crippen molar-refractivity contribution in [2.75, 3.05) is 19.0 Å². The summed E-state index contributed by atoms with van der Waals surface area (Å²) in [4.78, 5) is 4.75. The number of nitrogens with zero attached hydrogens (tertiary/aromatic N) is 3. The van der Waals surface area contributed by atoms with Crippen LogP contribution in [-0.2, 0) is 12.3 Å². The topological polar surface area (TPSA) is 69.2 Å². The molecule has 32 heavy (non-hydrogen) atoms. The van der Waals surface area contributed by atoms with Crippen molar-refractivity contribution in [3.05, 3.63) is 64.9 Å². The number of thiazole rings is 1. The molecule has 0 saturated heterocycles. The number of rotatable bonds is 10. The molecule has 1 N–H and O–H groups in total. The van der Waals surface area contributed by atoms with Crippen LogP contribution in [0.1, 0.15) is 18.2 Å². The monoisotopic (exact) mass is 488 g/mol. The van der Waals surface area contributed by atoms with E-state index in [0.717, 1.165) is 37.0 Å². The largest absolute Gasteiger partial charge is 0.493 e. The van der Waals surface area contributed by atoms with Gasteiger partial charge in [-0.25, -0.2) is 9.37 Å². The molecule has 166 valence electrons. The minimum Gasteiger partial charge on any atom is -0.493 e. The van der Waals surface area contributed by atoms with E-state index < -0.39 is 0 Å². The number of methoxy groups -OCH3 is 1. The maximum Gasteiger partial charge on any atom is 0.206 e. The van der Waals surface area contributed by atoms with Crippen LogP contribution in [0.2, 0.25) is 0 Å². The van der Waals surface area contributed by atoms with E-state index in [1.165, 1.54) is 23.5 Å². The highest BCUT2D eigenvalue weighted by Gasteiger charge is 2.11. The predicted octanol–water partition coefficient (Wildman–Crippen LogP) is 6.11. The van der Waals surface area contributed by atoms with E-state index in [-0.39, 0.29) is 5.82 Å². The number of aromatic nitrogens is 3. The number of anilines is 1. The second-order valence-corrected chi connectivity index (χ2v) is 9.64. The van der Waals surface area contributed by atoms with Crippen LogP contribution in [0.25, 0.3) is 10.6 Å². The highest BCUT2D eigenvalue weighted by atomic mass is 32.2. The van der Waals surface area contributed by atoms with Crippen molar-refractivity contribution in [1.29, 1.82) is 0 Å². The van der Waals surface area contributed by atoms with Gasteiger partial charge in [-0.05, 0) is 42.8 Å². The van der Waals surface area contributed by atoms with E-state index >= 15 is 0 Å². The van der Waals surface area contributed by atoms with Crippen molar-refractivity contribution < 1.29 is 13.9 Å². The van der Waals surface area contributed by atoms with Gasteiger partial charge in [-0.1, -0.05) is 35.2 Å². The van der Waals surface area contributed by atoms with Crippen molar-refractivity contribution in [2.24, 2.45) is 0 Å². The summed E-state index contributed by atoms with van der Waals surface area (Å²) < 4.78 is 24.9. The first kappa shape index (κ1) is 22.5. The highest BCUT2D eigenvalue weighted by molar-refractivity contribution is 8.00. The van der Waals surface area contributed by atoms with Crippen molar-refractivity contribution in [2.45, 2.75) is 23.6 Å². The fourth-order valence-electron chi connectivity index (χ4n) is 2.84. The van der Waals surface area contributed by atoms with Crippen LogP contribution in [0, 0.1) is 5.82 Å². The van der Waals surface area contributed by atoms with Gasteiger partial charge in [0, 0.05) is 23.2 Å². The van der Waals surface area contributed by atoms with Gasteiger partial charge in [0.25, 0.3) is 0 Å². The smallest absolute Gasteiger partial charge is 0.206 e. The van der Waals surface area contributed by atoms with Crippen molar-refractivity contribution in [3.8, 4) is 22.1 Å². The summed E-state index contributed by atoms with van der Waals surface area (Å²) in [6.07, 6.45) is 0. The Bertz CT molecular complexity index is 1160. The maximum absolute atomic E-state index is 13.0. The zero-order valence-corrected chi connectivity index (χ0v) is 20.0. The van der Waals surface area contributed by atoms with Gasteiger partial charge in [0.15, 0.2) is 15.8 Å². The standard InChI is InChI=1S/C22H21FN4O2S3/c1-3-29-18-9-6-15(10-19(18)28-2)20-25-17(12-30-20)13-31-22-27-26-21(32-22)24-11-14-4-7-16(23)8-5-14/h4-10,12H,3,11,13H2,1-2H3,(H,24,26). The summed E-state index contributed by atoms with van der Waals surface area (Å²) >= 11 is 4.68. The summed E-state index contributed by atoms with van der Waals surface area (Å²) in [5.41, 5.74) is 2.96. The summed E-state index contributed by atoms with van der Waals surface area (Å²) in [7, 11) is 1.64. The zero-order chi connectivity index (χ0) is 22.3. The van der Waals surface area contributed by atoms with E-state index in [4.69, 9.17) is 14.5 Å². The molecule has 0 aliphatic carbocycles. The third-order valence-electron chi connectivity index (χ3n) is 4.37. The third kappa shape index (κ3) is 5.76. The van der Waals surface area contributed by atoms with Gasteiger partial charge in [0.1, 0.15) is 10.8 Å². The van der Waals surface area contributed by atoms with E-state index in [0.29, 0.717) is 24.7 Å². The van der Waals surface area contributed by atoms with Gasteiger partial charge in [0.2, 0.25) is 5.13 Å². The summed E-state index contributed by atoms with van der Waals surface area (Å²) in [6.45, 7) is 3.10. The van der Waals surface area contributed by atoms with E-state index in [1.54, 1.807) is 42.3 Å². The molecule has 0 aliphatic rings. The number of ether oxygens (including phenoxy) is 2. The van der Waals surface area contributed by atoms with Crippen LogP contribution in [0.3, 0.4) is 0 Å². The van der Waals surface area contributed by atoms with Gasteiger partial charge in [-0.3, -0.25) is 0 Å². The molecule has 0 spiro atoms. The molecule has 10 heteroatoms.